The van der Waals surface area contributed by atoms with Gasteiger partial charge in [-0.05, 0) is 37.1 Å². The first-order valence-corrected chi connectivity index (χ1v) is 6.47. The molecule has 0 saturated carbocycles. The number of ether oxygens (including phenoxy) is 3. The van der Waals surface area contributed by atoms with Crippen LogP contribution in [0.4, 0.5) is 0 Å². The lowest BCUT2D eigenvalue weighted by atomic mass is 10.0. The molecule has 0 N–H and O–H groups in total. The second-order valence-electron chi connectivity index (χ2n) is 4.76. The minimum absolute atomic E-state index is 0.0852. The summed E-state index contributed by atoms with van der Waals surface area (Å²) in [5.41, 5.74) is 0.861. The third kappa shape index (κ3) is 2.12. The van der Waals surface area contributed by atoms with Gasteiger partial charge in [0, 0.05) is 18.1 Å². The topological polar surface area (TPSA) is 44.8 Å². The van der Waals surface area contributed by atoms with Gasteiger partial charge in [0.15, 0.2) is 0 Å². The van der Waals surface area contributed by atoms with E-state index in [4.69, 9.17) is 14.2 Å². The molecular weight excluding hydrogens is 244 g/mol. The summed E-state index contributed by atoms with van der Waals surface area (Å²) in [5.74, 6) is 0.206. The van der Waals surface area contributed by atoms with Crippen LogP contribution in [-0.4, -0.2) is 25.3 Å². The van der Waals surface area contributed by atoms with Gasteiger partial charge in [-0.1, -0.05) is 0 Å². The predicted octanol–water partition coefficient (Wildman–Crippen LogP) is 2.53. The summed E-state index contributed by atoms with van der Waals surface area (Å²) in [7, 11) is 1.62. The minimum Gasteiger partial charge on any atom is -0.497 e. The van der Waals surface area contributed by atoms with Crippen molar-refractivity contribution < 1.29 is 19.0 Å². The van der Waals surface area contributed by atoms with Gasteiger partial charge in [-0.15, -0.1) is 0 Å². The molecule has 3 rings (SSSR count). The van der Waals surface area contributed by atoms with E-state index in [1.54, 1.807) is 7.11 Å². The Morgan fingerprint density at radius 1 is 1.21 bits per heavy atom. The van der Waals surface area contributed by atoms with Gasteiger partial charge in [0.2, 0.25) is 5.78 Å². The summed E-state index contributed by atoms with van der Waals surface area (Å²) in [4.78, 5) is 12.1. The largest absolute Gasteiger partial charge is 0.497 e. The van der Waals surface area contributed by atoms with Crippen LogP contribution in [0.15, 0.2) is 30.3 Å². The molecule has 1 unspecified atom stereocenters. The Morgan fingerprint density at radius 3 is 2.63 bits per heavy atom. The molecule has 0 aliphatic carbocycles. The average molecular weight is 260 g/mol. The SMILES string of the molecule is COc1ccc(C2=CC(=O)C3(CCCCO3)O2)cc1. The molecule has 1 fully saturated rings. The van der Waals surface area contributed by atoms with Crippen LogP contribution in [-0.2, 0) is 14.3 Å². The van der Waals surface area contributed by atoms with Gasteiger partial charge in [-0.2, -0.15) is 0 Å². The molecular formula is C15H16O4. The Kier molecular flexibility index (Phi) is 3.03. The third-order valence-corrected chi connectivity index (χ3v) is 3.52. The van der Waals surface area contributed by atoms with Crippen LogP contribution < -0.4 is 4.74 Å². The molecule has 2 heterocycles. The standard InChI is InChI=1S/C15H16O4/c1-17-12-6-4-11(5-7-12)13-10-14(16)15(19-13)8-2-3-9-18-15/h4-7,10H,2-3,8-9H2,1H3. The van der Waals surface area contributed by atoms with Crippen molar-refractivity contribution in [2.45, 2.75) is 25.0 Å². The molecule has 19 heavy (non-hydrogen) atoms. The molecule has 2 aliphatic heterocycles. The van der Waals surface area contributed by atoms with Gasteiger partial charge in [-0.25, -0.2) is 0 Å². The van der Waals surface area contributed by atoms with Crippen LogP contribution in [0.3, 0.4) is 0 Å². The van der Waals surface area contributed by atoms with Crippen LogP contribution in [0.25, 0.3) is 5.76 Å². The van der Waals surface area contributed by atoms with E-state index < -0.39 is 5.79 Å². The molecule has 1 saturated heterocycles. The number of carbonyl (C=O) groups excluding carboxylic acids is 1. The summed E-state index contributed by atoms with van der Waals surface area (Å²) < 4.78 is 16.5. The fourth-order valence-electron chi connectivity index (χ4n) is 2.43. The number of hydrogen-bond donors (Lipinski definition) is 0. The predicted molar refractivity (Wildman–Crippen MR) is 69.6 cm³/mol. The zero-order valence-electron chi connectivity index (χ0n) is 10.8. The maximum Gasteiger partial charge on any atom is 0.274 e. The number of hydrogen-bond acceptors (Lipinski definition) is 4. The third-order valence-electron chi connectivity index (χ3n) is 3.52. The van der Waals surface area contributed by atoms with Crippen molar-refractivity contribution >= 4 is 11.5 Å². The Hall–Kier alpha value is -1.81. The lowest BCUT2D eigenvalue weighted by Crippen LogP contribution is -2.42. The quantitative estimate of drug-likeness (QED) is 0.819. The zero-order valence-corrected chi connectivity index (χ0v) is 10.8. The molecule has 2 aliphatic rings. The first-order chi connectivity index (χ1) is 9.23. The fraction of sp³-hybridized carbons (Fsp3) is 0.400. The lowest BCUT2D eigenvalue weighted by molar-refractivity contribution is -0.206. The highest BCUT2D eigenvalue weighted by Crippen LogP contribution is 2.38. The molecule has 0 bridgehead atoms. The molecule has 1 spiro atoms. The molecule has 0 aromatic heterocycles. The van der Waals surface area contributed by atoms with Crippen LogP contribution in [0.2, 0.25) is 0 Å². The highest BCUT2D eigenvalue weighted by Gasteiger charge is 2.47. The molecule has 0 amide bonds. The molecule has 1 atom stereocenters. The minimum atomic E-state index is -1.06. The molecule has 100 valence electrons. The van der Waals surface area contributed by atoms with E-state index in [2.05, 4.69) is 0 Å². The molecule has 4 nitrogen and oxygen atoms in total. The van der Waals surface area contributed by atoms with Crippen LogP contribution >= 0.6 is 0 Å². The molecule has 1 aromatic carbocycles. The van der Waals surface area contributed by atoms with Crippen LogP contribution in [0.5, 0.6) is 5.75 Å². The Morgan fingerprint density at radius 2 is 2.00 bits per heavy atom. The second-order valence-corrected chi connectivity index (χ2v) is 4.76. The lowest BCUT2D eigenvalue weighted by Gasteiger charge is -2.31. The van der Waals surface area contributed by atoms with Crippen molar-refractivity contribution in [1.82, 2.24) is 0 Å². The van der Waals surface area contributed by atoms with Crippen molar-refractivity contribution in [2.75, 3.05) is 13.7 Å². The first kappa shape index (κ1) is 12.2. The maximum absolute atomic E-state index is 12.1. The maximum atomic E-state index is 12.1. The highest BCUT2D eigenvalue weighted by atomic mass is 16.7. The van der Waals surface area contributed by atoms with E-state index >= 15 is 0 Å². The Labute approximate surface area is 112 Å². The summed E-state index contributed by atoms with van der Waals surface area (Å²) in [5, 5.41) is 0. The van der Waals surface area contributed by atoms with Gasteiger partial charge in [0.1, 0.15) is 11.5 Å². The van der Waals surface area contributed by atoms with E-state index in [0.29, 0.717) is 18.8 Å². The number of benzene rings is 1. The zero-order chi connectivity index (χ0) is 13.3. The van der Waals surface area contributed by atoms with E-state index in [1.807, 2.05) is 24.3 Å². The van der Waals surface area contributed by atoms with E-state index in [-0.39, 0.29) is 5.78 Å². The van der Waals surface area contributed by atoms with Crippen molar-refractivity contribution in [3.8, 4) is 5.75 Å². The van der Waals surface area contributed by atoms with E-state index in [9.17, 15) is 4.79 Å². The van der Waals surface area contributed by atoms with Gasteiger partial charge in [0.05, 0.1) is 13.7 Å². The normalized spacial score (nSPS) is 26.2. The summed E-state index contributed by atoms with van der Waals surface area (Å²) in [6.45, 7) is 0.579. The molecule has 4 heteroatoms. The highest BCUT2D eigenvalue weighted by molar-refractivity contribution is 6.04. The van der Waals surface area contributed by atoms with Crippen molar-refractivity contribution in [1.29, 1.82) is 0 Å². The van der Waals surface area contributed by atoms with E-state index in [1.165, 1.54) is 6.08 Å². The van der Waals surface area contributed by atoms with Gasteiger partial charge in [-0.3, -0.25) is 4.79 Å². The average Bonchev–Trinajstić information content (AvgIpc) is 2.77. The Bertz CT molecular complexity index is 509. The Balaban J connectivity index is 1.82. The van der Waals surface area contributed by atoms with Crippen molar-refractivity contribution in [3.63, 3.8) is 0 Å². The van der Waals surface area contributed by atoms with Crippen LogP contribution in [0, 0.1) is 0 Å². The molecule has 0 radical (unpaired) electrons. The number of rotatable bonds is 2. The van der Waals surface area contributed by atoms with Crippen molar-refractivity contribution in [2.24, 2.45) is 0 Å². The smallest absolute Gasteiger partial charge is 0.274 e. The van der Waals surface area contributed by atoms with Gasteiger partial charge in [0.25, 0.3) is 5.79 Å². The summed E-state index contributed by atoms with van der Waals surface area (Å²) in [6, 6.07) is 7.44. The molecule has 1 aromatic rings. The number of carbonyl (C=O) groups is 1. The van der Waals surface area contributed by atoms with E-state index in [0.717, 1.165) is 24.2 Å². The van der Waals surface area contributed by atoms with Gasteiger partial charge >= 0.3 is 0 Å². The second kappa shape index (κ2) is 4.70. The number of methoxy groups -OCH3 is 1. The number of ketones is 1. The summed E-state index contributed by atoms with van der Waals surface area (Å²) in [6.07, 6.45) is 4.10. The monoisotopic (exact) mass is 260 g/mol. The van der Waals surface area contributed by atoms with Crippen molar-refractivity contribution in [3.05, 3.63) is 35.9 Å². The fourth-order valence-corrected chi connectivity index (χ4v) is 2.43. The van der Waals surface area contributed by atoms with Crippen LogP contribution in [0.1, 0.15) is 24.8 Å². The first-order valence-electron chi connectivity index (χ1n) is 6.47. The summed E-state index contributed by atoms with van der Waals surface area (Å²) >= 11 is 0. The van der Waals surface area contributed by atoms with Gasteiger partial charge < -0.3 is 14.2 Å².